The molecule has 0 unspecified atom stereocenters. The highest BCUT2D eigenvalue weighted by Crippen LogP contribution is 2.20. The average Bonchev–Trinajstić information content (AvgIpc) is 2.72. The van der Waals surface area contributed by atoms with Crippen LogP contribution in [0.4, 0.5) is 21.0 Å². The Morgan fingerprint density at radius 1 is 0.806 bits per heavy atom. The molecule has 8 nitrogen and oxygen atoms in total. The molecule has 0 fully saturated rings. The lowest BCUT2D eigenvalue weighted by molar-refractivity contribution is 0.237. The predicted molar refractivity (Wildman–Crippen MR) is 130 cm³/mol. The second kappa shape index (κ2) is 13.9. The first-order valence-electron chi connectivity index (χ1n) is 11.4. The largest absolute Gasteiger partial charge is 0.334 e. The zero-order chi connectivity index (χ0) is 23.4. The molecule has 0 bridgehead atoms. The molecule has 8 heteroatoms. The summed E-state index contributed by atoms with van der Waals surface area (Å²) in [6.45, 7) is 19.7. The molecule has 0 radical (unpaired) electrons. The van der Waals surface area contributed by atoms with Crippen molar-refractivity contribution in [2.75, 3.05) is 49.9 Å². The van der Waals surface area contributed by atoms with Crippen LogP contribution < -0.4 is 21.3 Å². The van der Waals surface area contributed by atoms with Crippen LogP contribution in [0.5, 0.6) is 0 Å². The molecule has 4 N–H and O–H groups in total. The number of urea groups is 2. The van der Waals surface area contributed by atoms with E-state index in [0.29, 0.717) is 11.4 Å². The molecule has 1 aromatic carbocycles. The van der Waals surface area contributed by atoms with E-state index in [-0.39, 0.29) is 24.1 Å². The lowest BCUT2D eigenvalue weighted by Gasteiger charge is -2.24. The standard InChI is InChI=1S/C23H42N6O2/c1-8-28(9-2)15-18(6)24-22(30)26-20-13-12-17(5)21(14-20)27-23(31)25-19(7)16-29(10-3)11-4/h12-14,18-19H,8-11,15-16H2,1-7H3,(H2,24,26,30)(H2,25,27,31)/t18-,19-/m1/s1. The third-order valence-corrected chi connectivity index (χ3v) is 5.35. The number of hydrogen-bond acceptors (Lipinski definition) is 4. The van der Waals surface area contributed by atoms with E-state index in [1.54, 1.807) is 6.07 Å². The molecule has 0 heterocycles. The van der Waals surface area contributed by atoms with Crippen LogP contribution in [0.3, 0.4) is 0 Å². The Labute approximate surface area is 188 Å². The van der Waals surface area contributed by atoms with Crippen molar-refractivity contribution >= 4 is 23.4 Å². The van der Waals surface area contributed by atoms with Crippen molar-refractivity contribution in [3.8, 4) is 0 Å². The molecule has 0 aromatic heterocycles. The highest BCUT2D eigenvalue weighted by atomic mass is 16.2. The molecule has 1 rings (SSSR count). The summed E-state index contributed by atoms with van der Waals surface area (Å²) < 4.78 is 0. The molecule has 0 saturated heterocycles. The smallest absolute Gasteiger partial charge is 0.319 e. The minimum atomic E-state index is -0.258. The summed E-state index contributed by atoms with van der Waals surface area (Å²) >= 11 is 0. The van der Waals surface area contributed by atoms with E-state index >= 15 is 0 Å². The Kier molecular flexibility index (Phi) is 12.0. The topological polar surface area (TPSA) is 88.7 Å². The fourth-order valence-corrected chi connectivity index (χ4v) is 3.44. The SMILES string of the molecule is CCN(CC)C[C@@H](C)NC(=O)Nc1ccc(C)c(NC(=O)N[C@H](C)CN(CC)CC)c1. The number of amides is 4. The molecule has 1 aromatic rings. The van der Waals surface area contributed by atoms with E-state index in [9.17, 15) is 9.59 Å². The highest BCUT2D eigenvalue weighted by Gasteiger charge is 2.13. The molecule has 31 heavy (non-hydrogen) atoms. The van der Waals surface area contributed by atoms with Gasteiger partial charge in [0.15, 0.2) is 0 Å². The van der Waals surface area contributed by atoms with Gasteiger partial charge in [0.2, 0.25) is 0 Å². The predicted octanol–water partition coefficient (Wildman–Crippen LogP) is 3.70. The summed E-state index contributed by atoms with van der Waals surface area (Å²) in [7, 11) is 0. The van der Waals surface area contributed by atoms with E-state index in [4.69, 9.17) is 0 Å². The Hall–Kier alpha value is -2.32. The van der Waals surface area contributed by atoms with Crippen molar-refractivity contribution in [1.82, 2.24) is 20.4 Å². The van der Waals surface area contributed by atoms with Gasteiger partial charge in [-0.2, -0.15) is 0 Å². The minimum Gasteiger partial charge on any atom is -0.334 e. The Morgan fingerprint density at radius 2 is 1.26 bits per heavy atom. The first-order valence-corrected chi connectivity index (χ1v) is 11.4. The zero-order valence-electron chi connectivity index (χ0n) is 20.3. The van der Waals surface area contributed by atoms with Gasteiger partial charge in [-0.25, -0.2) is 9.59 Å². The van der Waals surface area contributed by atoms with Gasteiger partial charge in [0.1, 0.15) is 0 Å². The van der Waals surface area contributed by atoms with Gasteiger partial charge in [0.05, 0.1) is 0 Å². The number of carbonyl (C=O) groups excluding carboxylic acids is 2. The van der Waals surface area contributed by atoms with E-state index in [1.807, 2.05) is 32.9 Å². The van der Waals surface area contributed by atoms with Gasteiger partial charge in [-0.3, -0.25) is 0 Å². The van der Waals surface area contributed by atoms with Gasteiger partial charge in [-0.1, -0.05) is 33.8 Å². The maximum Gasteiger partial charge on any atom is 0.319 e. The lowest BCUT2D eigenvalue weighted by atomic mass is 10.2. The number of carbonyl (C=O) groups is 2. The molecule has 0 spiro atoms. The van der Waals surface area contributed by atoms with E-state index in [0.717, 1.165) is 44.8 Å². The highest BCUT2D eigenvalue weighted by molar-refractivity contribution is 5.93. The van der Waals surface area contributed by atoms with Crippen LogP contribution in [0.1, 0.15) is 47.1 Å². The lowest BCUT2D eigenvalue weighted by Crippen LogP contribution is -2.44. The number of nitrogens with one attached hydrogen (secondary N) is 4. The number of nitrogens with zero attached hydrogens (tertiary/aromatic N) is 2. The average molecular weight is 435 g/mol. The van der Waals surface area contributed by atoms with Gasteiger partial charge in [-0.05, 0) is 64.6 Å². The first kappa shape index (κ1) is 26.7. The van der Waals surface area contributed by atoms with Gasteiger partial charge >= 0.3 is 12.1 Å². The van der Waals surface area contributed by atoms with E-state index in [1.165, 1.54) is 0 Å². The molecular weight excluding hydrogens is 392 g/mol. The van der Waals surface area contributed by atoms with Gasteiger partial charge in [-0.15, -0.1) is 0 Å². The number of benzene rings is 1. The summed E-state index contributed by atoms with van der Waals surface area (Å²) in [5.41, 5.74) is 2.22. The third-order valence-electron chi connectivity index (χ3n) is 5.35. The van der Waals surface area contributed by atoms with E-state index < -0.39 is 0 Å². The number of rotatable bonds is 12. The number of likely N-dealkylation sites (N-methyl/N-ethyl adjacent to an activating group) is 2. The summed E-state index contributed by atoms with van der Waals surface area (Å²) in [4.78, 5) is 29.3. The second-order valence-electron chi connectivity index (χ2n) is 8.00. The Morgan fingerprint density at radius 3 is 1.71 bits per heavy atom. The fourth-order valence-electron chi connectivity index (χ4n) is 3.44. The van der Waals surface area contributed by atoms with Crippen LogP contribution in [-0.2, 0) is 0 Å². The van der Waals surface area contributed by atoms with Crippen LogP contribution in [0.15, 0.2) is 18.2 Å². The zero-order valence-corrected chi connectivity index (χ0v) is 20.3. The molecule has 0 aliphatic heterocycles. The maximum absolute atomic E-state index is 12.4. The van der Waals surface area contributed by atoms with Crippen molar-refractivity contribution < 1.29 is 9.59 Å². The van der Waals surface area contributed by atoms with Crippen molar-refractivity contribution in [2.45, 2.75) is 60.5 Å². The summed E-state index contributed by atoms with van der Waals surface area (Å²) in [6.07, 6.45) is 0. The third kappa shape index (κ3) is 10.0. The Balaban J connectivity index is 2.64. The molecule has 0 aliphatic rings. The molecule has 176 valence electrons. The van der Waals surface area contributed by atoms with Gasteiger partial charge in [0, 0.05) is 36.5 Å². The van der Waals surface area contributed by atoms with Crippen molar-refractivity contribution in [1.29, 1.82) is 0 Å². The molecule has 0 aliphatic carbocycles. The van der Waals surface area contributed by atoms with Crippen molar-refractivity contribution in [3.05, 3.63) is 23.8 Å². The van der Waals surface area contributed by atoms with Crippen LogP contribution in [-0.4, -0.2) is 73.2 Å². The quantitative estimate of drug-likeness (QED) is 0.404. The summed E-state index contributed by atoms with van der Waals surface area (Å²) in [5.74, 6) is 0. The molecule has 0 saturated carbocycles. The second-order valence-corrected chi connectivity index (χ2v) is 8.00. The van der Waals surface area contributed by atoms with Crippen molar-refractivity contribution in [3.63, 3.8) is 0 Å². The molecule has 4 amide bonds. The van der Waals surface area contributed by atoms with Crippen molar-refractivity contribution in [2.24, 2.45) is 0 Å². The number of aryl methyl sites for hydroxylation is 1. The van der Waals surface area contributed by atoms with Crippen LogP contribution in [0.25, 0.3) is 0 Å². The van der Waals surface area contributed by atoms with E-state index in [2.05, 4.69) is 58.8 Å². The Bertz CT molecular complexity index is 689. The number of hydrogen-bond donors (Lipinski definition) is 4. The summed E-state index contributed by atoms with van der Waals surface area (Å²) in [5, 5.41) is 11.7. The fraction of sp³-hybridized carbons (Fsp3) is 0.652. The van der Waals surface area contributed by atoms with Gasteiger partial charge in [0.25, 0.3) is 0 Å². The normalized spacial score (nSPS) is 13.1. The number of anilines is 2. The minimum absolute atomic E-state index is 0.0274. The van der Waals surface area contributed by atoms with Crippen LogP contribution in [0, 0.1) is 6.92 Å². The molecular formula is C23H42N6O2. The first-order chi connectivity index (χ1) is 14.7. The van der Waals surface area contributed by atoms with Crippen LogP contribution >= 0.6 is 0 Å². The van der Waals surface area contributed by atoms with Crippen LogP contribution in [0.2, 0.25) is 0 Å². The maximum atomic E-state index is 12.4. The monoisotopic (exact) mass is 434 g/mol. The molecule has 2 atom stereocenters. The van der Waals surface area contributed by atoms with Gasteiger partial charge < -0.3 is 31.1 Å². The summed E-state index contributed by atoms with van der Waals surface area (Å²) in [6, 6.07) is 5.03.